The molecular weight excluding hydrogens is 482 g/mol. The van der Waals surface area contributed by atoms with Gasteiger partial charge in [0.2, 0.25) is 10.0 Å². The largest absolute Gasteiger partial charge is 0.489 e. The zero-order valence-corrected chi connectivity index (χ0v) is 18.8. The quantitative estimate of drug-likeness (QED) is 0.346. The number of hydrogen-bond acceptors (Lipinski definition) is 5. The third-order valence-corrected chi connectivity index (χ3v) is 6.22. The summed E-state index contributed by atoms with van der Waals surface area (Å²) in [5.41, 5.74) is 4.04. The van der Waals surface area contributed by atoms with Gasteiger partial charge in [0.1, 0.15) is 12.4 Å². The van der Waals surface area contributed by atoms with E-state index in [2.05, 4.69) is 31.2 Å². The van der Waals surface area contributed by atoms with Crippen molar-refractivity contribution < 1.29 is 17.9 Å². The second-order valence-electron chi connectivity index (χ2n) is 6.39. The van der Waals surface area contributed by atoms with E-state index in [0.717, 1.165) is 10.0 Å². The summed E-state index contributed by atoms with van der Waals surface area (Å²) in [5, 5.41) is 3.89. The zero-order chi connectivity index (χ0) is 22.1. The van der Waals surface area contributed by atoms with Gasteiger partial charge in [0, 0.05) is 10.0 Å². The molecule has 0 fully saturated rings. The van der Waals surface area contributed by atoms with E-state index in [1.807, 2.05) is 42.5 Å². The first-order chi connectivity index (χ1) is 14.9. The standard InChI is InChI=1S/C22H20BrN3O4S/c23-21-12-11-19(30-16-17-7-3-1-4-8-17)13-18(21)14-24-26-22(27)15-25-31(28,29)20-9-5-2-6-10-20/h1-14,25H,15-16H2,(H,26,27). The lowest BCUT2D eigenvalue weighted by atomic mass is 10.2. The molecule has 2 N–H and O–H groups in total. The maximum atomic E-state index is 12.1. The number of benzene rings is 3. The SMILES string of the molecule is O=C(CNS(=O)(=O)c1ccccc1)NN=Cc1cc(OCc2ccccc2)ccc1Br. The number of sulfonamides is 1. The van der Waals surface area contributed by atoms with Gasteiger partial charge in [-0.25, -0.2) is 18.6 Å². The molecule has 3 rings (SSSR count). The predicted octanol–water partition coefficient (Wildman–Crippen LogP) is 3.46. The smallest absolute Gasteiger partial charge is 0.255 e. The lowest BCUT2D eigenvalue weighted by Crippen LogP contribution is -2.34. The van der Waals surface area contributed by atoms with Crippen molar-refractivity contribution in [1.29, 1.82) is 0 Å². The van der Waals surface area contributed by atoms with Crippen LogP contribution >= 0.6 is 15.9 Å². The maximum Gasteiger partial charge on any atom is 0.255 e. The molecule has 0 unspecified atom stereocenters. The number of amides is 1. The number of carbonyl (C=O) groups is 1. The van der Waals surface area contributed by atoms with Crippen molar-refractivity contribution in [3.63, 3.8) is 0 Å². The highest BCUT2D eigenvalue weighted by atomic mass is 79.9. The first-order valence-corrected chi connectivity index (χ1v) is 11.5. The molecule has 160 valence electrons. The van der Waals surface area contributed by atoms with Crippen LogP contribution in [0.5, 0.6) is 5.75 Å². The Morgan fingerprint density at radius 2 is 1.68 bits per heavy atom. The van der Waals surface area contributed by atoms with Crippen molar-refractivity contribution in [1.82, 2.24) is 10.1 Å². The molecule has 3 aromatic carbocycles. The van der Waals surface area contributed by atoms with Crippen LogP contribution in [-0.4, -0.2) is 27.1 Å². The van der Waals surface area contributed by atoms with Crippen molar-refractivity contribution in [2.45, 2.75) is 11.5 Å². The first-order valence-electron chi connectivity index (χ1n) is 9.27. The van der Waals surface area contributed by atoms with Crippen molar-refractivity contribution in [3.05, 3.63) is 94.5 Å². The van der Waals surface area contributed by atoms with Gasteiger partial charge in [0.15, 0.2) is 0 Å². The summed E-state index contributed by atoms with van der Waals surface area (Å²) in [6, 6.07) is 23.0. The van der Waals surface area contributed by atoms with Crippen LogP contribution in [0.4, 0.5) is 0 Å². The summed E-state index contributed by atoms with van der Waals surface area (Å²) in [6.45, 7) is -0.00663. The number of hydrogen-bond donors (Lipinski definition) is 2. The highest BCUT2D eigenvalue weighted by Gasteiger charge is 2.14. The number of nitrogens with one attached hydrogen (secondary N) is 2. The van der Waals surface area contributed by atoms with Gasteiger partial charge >= 0.3 is 0 Å². The molecular formula is C22H20BrN3O4S. The minimum absolute atomic E-state index is 0.0857. The Balaban J connectivity index is 1.53. The molecule has 0 aliphatic rings. The fraction of sp³-hybridized carbons (Fsp3) is 0.0909. The van der Waals surface area contributed by atoms with Crippen molar-refractivity contribution in [2.24, 2.45) is 5.10 Å². The van der Waals surface area contributed by atoms with Crippen molar-refractivity contribution >= 4 is 38.1 Å². The first kappa shape index (κ1) is 22.7. The van der Waals surface area contributed by atoms with E-state index in [4.69, 9.17) is 4.74 Å². The molecule has 0 saturated heterocycles. The van der Waals surface area contributed by atoms with Crippen molar-refractivity contribution in [2.75, 3.05) is 6.54 Å². The van der Waals surface area contributed by atoms with Gasteiger partial charge in [-0.15, -0.1) is 0 Å². The van der Waals surface area contributed by atoms with Gasteiger partial charge in [0.05, 0.1) is 17.7 Å². The minimum atomic E-state index is -3.76. The van der Waals surface area contributed by atoms with E-state index in [1.165, 1.54) is 18.3 Å². The van der Waals surface area contributed by atoms with E-state index in [1.54, 1.807) is 24.3 Å². The van der Waals surface area contributed by atoms with Crippen LogP contribution in [-0.2, 0) is 21.4 Å². The van der Waals surface area contributed by atoms with Crippen LogP contribution in [0.15, 0.2) is 93.3 Å². The minimum Gasteiger partial charge on any atom is -0.489 e. The summed E-state index contributed by atoms with van der Waals surface area (Å²) in [4.78, 5) is 12.0. The molecule has 9 heteroatoms. The highest BCUT2D eigenvalue weighted by molar-refractivity contribution is 9.10. The summed E-state index contributed by atoms with van der Waals surface area (Å²) >= 11 is 3.43. The molecule has 0 aliphatic carbocycles. The molecule has 0 spiro atoms. The van der Waals surface area contributed by atoms with E-state index in [0.29, 0.717) is 17.9 Å². The molecule has 0 bridgehead atoms. The van der Waals surface area contributed by atoms with Crippen LogP contribution < -0.4 is 14.9 Å². The normalized spacial score (nSPS) is 11.4. The van der Waals surface area contributed by atoms with Gasteiger partial charge in [0.25, 0.3) is 5.91 Å². The van der Waals surface area contributed by atoms with Crippen molar-refractivity contribution in [3.8, 4) is 5.75 Å². The number of hydrazone groups is 1. The zero-order valence-electron chi connectivity index (χ0n) is 16.4. The van der Waals surface area contributed by atoms with Crippen LogP contribution in [0, 0.1) is 0 Å². The maximum absolute atomic E-state index is 12.1. The molecule has 0 radical (unpaired) electrons. The summed E-state index contributed by atoms with van der Waals surface area (Å²) < 4.78 is 33.0. The molecule has 0 atom stereocenters. The number of ether oxygens (including phenoxy) is 1. The van der Waals surface area contributed by atoms with E-state index in [-0.39, 0.29) is 4.90 Å². The van der Waals surface area contributed by atoms with Crippen LogP contribution in [0.1, 0.15) is 11.1 Å². The third kappa shape index (κ3) is 7.02. The molecule has 7 nitrogen and oxygen atoms in total. The van der Waals surface area contributed by atoms with Gasteiger partial charge in [-0.2, -0.15) is 5.10 Å². The third-order valence-electron chi connectivity index (χ3n) is 4.08. The summed E-state index contributed by atoms with van der Waals surface area (Å²) in [7, 11) is -3.76. The average Bonchev–Trinajstić information content (AvgIpc) is 2.79. The molecule has 0 heterocycles. The van der Waals surface area contributed by atoms with Gasteiger partial charge in [-0.1, -0.05) is 64.5 Å². The fourth-order valence-corrected chi connectivity index (χ4v) is 3.86. The summed E-state index contributed by atoms with van der Waals surface area (Å²) in [6.07, 6.45) is 1.45. The number of carbonyl (C=O) groups excluding carboxylic acids is 1. The Hall–Kier alpha value is -3.01. The Bertz CT molecular complexity index is 1150. The fourth-order valence-electron chi connectivity index (χ4n) is 2.51. The molecule has 3 aromatic rings. The van der Waals surface area contributed by atoms with E-state index in [9.17, 15) is 13.2 Å². The highest BCUT2D eigenvalue weighted by Crippen LogP contribution is 2.22. The predicted molar refractivity (Wildman–Crippen MR) is 122 cm³/mol. The van der Waals surface area contributed by atoms with Gasteiger partial charge in [-0.05, 0) is 35.9 Å². The summed E-state index contributed by atoms with van der Waals surface area (Å²) in [5.74, 6) is 0.0545. The van der Waals surface area contributed by atoms with E-state index >= 15 is 0 Å². The topological polar surface area (TPSA) is 96.9 Å². The van der Waals surface area contributed by atoms with Crippen LogP contribution in [0.3, 0.4) is 0 Å². The lowest BCUT2D eigenvalue weighted by Gasteiger charge is -2.08. The van der Waals surface area contributed by atoms with Gasteiger partial charge in [-0.3, -0.25) is 4.79 Å². The lowest BCUT2D eigenvalue weighted by molar-refractivity contribution is -0.119. The second kappa shape index (κ2) is 10.9. The number of halogens is 1. The monoisotopic (exact) mass is 501 g/mol. The van der Waals surface area contributed by atoms with E-state index < -0.39 is 22.5 Å². The van der Waals surface area contributed by atoms with Crippen LogP contribution in [0.25, 0.3) is 0 Å². The Labute approximate surface area is 189 Å². The molecule has 1 amide bonds. The average molecular weight is 502 g/mol. The van der Waals surface area contributed by atoms with Gasteiger partial charge < -0.3 is 4.74 Å². The molecule has 31 heavy (non-hydrogen) atoms. The Morgan fingerprint density at radius 3 is 2.39 bits per heavy atom. The molecule has 0 aromatic heterocycles. The second-order valence-corrected chi connectivity index (χ2v) is 9.01. The molecule has 0 aliphatic heterocycles. The van der Waals surface area contributed by atoms with Crippen LogP contribution in [0.2, 0.25) is 0 Å². The number of nitrogens with zero attached hydrogens (tertiary/aromatic N) is 1. The Morgan fingerprint density at radius 1 is 1.00 bits per heavy atom. The number of rotatable bonds is 9. The molecule has 0 saturated carbocycles. The Kier molecular flexibility index (Phi) is 7.94.